The number of aromatic nitrogens is 2. The molecular formula is C23H18FN3O3S. The lowest BCUT2D eigenvalue weighted by Gasteiger charge is -2.10. The van der Waals surface area contributed by atoms with Crippen LogP contribution in [0, 0.1) is 5.82 Å². The molecule has 0 aliphatic heterocycles. The number of hydrogen-bond donors (Lipinski definition) is 1. The summed E-state index contributed by atoms with van der Waals surface area (Å²) in [5.74, 6) is 0.132. The van der Waals surface area contributed by atoms with Crippen molar-refractivity contribution in [1.82, 2.24) is 9.55 Å². The number of rotatable bonds is 6. The standard InChI is InChI=1S/C23H18FN3O3S/c1-2-29-16-6-7-17-21(11-16)31-23(25-17)26-22(28)19-12-20-18(8-9-30-20)27(19)13-14-4-3-5-15(24)10-14/h3-12H,2,13H2,1H3,(H,25,26,28). The van der Waals surface area contributed by atoms with Crippen LogP contribution in [0.4, 0.5) is 9.52 Å². The van der Waals surface area contributed by atoms with E-state index in [1.807, 2.05) is 35.8 Å². The average Bonchev–Trinajstić information content (AvgIpc) is 3.43. The molecule has 0 unspecified atom stereocenters. The van der Waals surface area contributed by atoms with E-state index in [4.69, 9.17) is 9.15 Å². The van der Waals surface area contributed by atoms with Crippen LogP contribution in [0.2, 0.25) is 0 Å². The van der Waals surface area contributed by atoms with Gasteiger partial charge < -0.3 is 13.7 Å². The first-order valence-corrected chi connectivity index (χ1v) is 10.6. The molecule has 156 valence electrons. The second kappa shape index (κ2) is 7.88. The molecule has 0 aliphatic rings. The van der Waals surface area contributed by atoms with Gasteiger partial charge in [-0.15, -0.1) is 0 Å². The van der Waals surface area contributed by atoms with Crippen LogP contribution in [0.5, 0.6) is 5.75 Å². The zero-order valence-corrected chi connectivity index (χ0v) is 17.4. The van der Waals surface area contributed by atoms with Gasteiger partial charge in [0.15, 0.2) is 10.7 Å². The predicted octanol–water partition coefficient (Wildman–Crippen LogP) is 5.68. The Balaban J connectivity index is 1.46. The van der Waals surface area contributed by atoms with E-state index in [9.17, 15) is 9.18 Å². The molecule has 5 rings (SSSR count). The van der Waals surface area contributed by atoms with Crippen molar-refractivity contribution >= 4 is 43.7 Å². The number of thiazole rings is 1. The van der Waals surface area contributed by atoms with Crippen molar-refractivity contribution in [2.24, 2.45) is 0 Å². The number of ether oxygens (including phenoxy) is 1. The van der Waals surface area contributed by atoms with Crippen LogP contribution in [0.3, 0.4) is 0 Å². The van der Waals surface area contributed by atoms with Gasteiger partial charge in [0.25, 0.3) is 5.91 Å². The van der Waals surface area contributed by atoms with Gasteiger partial charge in [0.1, 0.15) is 17.3 Å². The molecule has 6 nitrogen and oxygen atoms in total. The van der Waals surface area contributed by atoms with Crippen molar-refractivity contribution in [1.29, 1.82) is 0 Å². The van der Waals surface area contributed by atoms with Gasteiger partial charge in [-0.3, -0.25) is 10.1 Å². The molecule has 0 fully saturated rings. The van der Waals surface area contributed by atoms with Crippen LogP contribution in [0.25, 0.3) is 21.3 Å². The van der Waals surface area contributed by atoms with Gasteiger partial charge in [-0.05, 0) is 42.8 Å². The van der Waals surface area contributed by atoms with E-state index >= 15 is 0 Å². The largest absolute Gasteiger partial charge is 0.494 e. The third-order valence-electron chi connectivity index (χ3n) is 4.88. The normalized spacial score (nSPS) is 11.3. The van der Waals surface area contributed by atoms with Gasteiger partial charge in [-0.2, -0.15) is 0 Å². The SMILES string of the molecule is CCOc1ccc2nc(NC(=O)c3cc4occc4n3Cc3cccc(F)c3)sc2c1. The van der Waals surface area contributed by atoms with Crippen molar-refractivity contribution in [2.75, 3.05) is 11.9 Å². The number of amides is 1. The van der Waals surface area contributed by atoms with Crippen LogP contribution in [0.1, 0.15) is 23.0 Å². The van der Waals surface area contributed by atoms with Gasteiger partial charge in [-0.25, -0.2) is 9.37 Å². The zero-order chi connectivity index (χ0) is 21.4. The lowest BCUT2D eigenvalue weighted by atomic mass is 10.2. The van der Waals surface area contributed by atoms with E-state index in [1.165, 1.54) is 23.5 Å². The summed E-state index contributed by atoms with van der Waals surface area (Å²) in [7, 11) is 0. The predicted molar refractivity (Wildman–Crippen MR) is 118 cm³/mol. The van der Waals surface area contributed by atoms with Crippen LogP contribution in [-0.2, 0) is 6.54 Å². The van der Waals surface area contributed by atoms with E-state index < -0.39 is 0 Å². The van der Waals surface area contributed by atoms with Crippen molar-refractivity contribution in [3.8, 4) is 5.75 Å². The third kappa shape index (κ3) is 3.77. The highest BCUT2D eigenvalue weighted by Gasteiger charge is 2.19. The third-order valence-corrected chi connectivity index (χ3v) is 5.81. The van der Waals surface area contributed by atoms with Crippen molar-refractivity contribution in [3.63, 3.8) is 0 Å². The Bertz CT molecular complexity index is 1400. The van der Waals surface area contributed by atoms with Gasteiger partial charge in [-0.1, -0.05) is 23.5 Å². The highest BCUT2D eigenvalue weighted by Crippen LogP contribution is 2.30. The molecule has 5 aromatic rings. The van der Waals surface area contributed by atoms with Crippen LogP contribution >= 0.6 is 11.3 Å². The highest BCUT2D eigenvalue weighted by molar-refractivity contribution is 7.22. The molecule has 8 heteroatoms. The molecule has 31 heavy (non-hydrogen) atoms. The van der Waals surface area contributed by atoms with Crippen LogP contribution in [-0.4, -0.2) is 22.1 Å². The number of fused-ring (bicyclic) bond motifs is 2. The van der Waals surface area contributed by atoms with Crippen molar-refractivity contribution in [2.45, 2.75) is 13.5 Å². The number of hydrogen-bond acceptors (Lipinski definition) is 5. The molecule has 0 bridgehead atoms. The molecule has 0 saturated carbocycles. The van der Waals surface area contributed by atoms with E-state index in [2.05, 4.69) is 10.3 Å². The second-order valence-electron chi connectivity index (χ2n) is 6.95. The first-order chi connectivity index (χ1) is 15.1. The van der Waals surface area contributed by atoms with Gasteiger partial charge in [0.05, 0.1) is 28.6 Å². The molecule has 0 aliphatic carbocycles. The number of furan rings is 1. The van der Waals surface area contributed by atoms with Crippen LogP contribution < -0.4 is 10.1 Å². The fourth-order valence-electron chi connectivity index (χ4n) is 3.53. The number of benzene rings is 2. The average molecular weight is 435 g/mol. The molecule has 0 radical (unpaired) electrons. The van der Waals surface area contributed by atoms with Gasteiger partial charge in [0, 0.05) is 18.7 Å². The Kier molecular flexibility index (Phi) is 4.91. The molecule has 0 atom stereocenters. The van der Waals surface area contributed by atoms with Crippen molar-refractivity contribution < 1.29 is 18.3 Å². The Morgan fingerprint density at radius 1 is 1.23 bits per heavy atom. The number of carbonyl (C=O) groups excluding carboxylic acids is 1. The minimum atomic E-state index is -0.319. The fourth-order valence-corrected chi connectivity index (χ4v) is 4.42. The van der Waals surface area contributed by atoms with E-state index in [0.29, 0.717) is 29.6 Å². The Hall–Kier alpha value is -3.65. The molecule has 3 heterocycles. The summed E-state index contributed by atoms with van der Waals surface area (Å²) in [4.78, 5) is 17.6. The van der Waals surface area contributed by atoms with E-state index in [0.717, 1.165) is 27.0 Å². The summed E-state index contributed by atoms with van der Waals surface area (Å²) in [5, 5.41) is 3.37. The van der Waals surface area contributed by atoms with Crippen molar-refractivity contribution in [3.05, 3.63) is 77.9 Å². The lowest BCUT2D eigenvalue weighted by Crippen LogP contribution is -2.17. The number of halogens is 1. The monoisotopic (exact) mass is 435 g/mol. The number of carbonyl (C=O) groups is 1. The molecule has 3 aromatic heterocycles. The summed E-state index contributed by atoms with van der Waals surface area (Å²) in [6, 6.07) is 15.4. The topological polar surface area (TPSA) is 69.3 Å². The van der Waals surface area contributed by atoms with E-state index in [-0.39, 0.29) is 11.7 Å². The van der Waals surface area contributed by atoms with E-state index in [1.54, 1.807) is 24.5 Å². The maximum atomic E-state index is 13.7. The summed E-state index contributed by atoms with van der Waals surface area (Å²) in [6.07, 6.45) is 1.57. The quantitative estimate of drug-likeness (QED) is 0.372. The maximum absolute atomic E-state index is 13.7. The Morgan fingerprint density at radius 2 is 2.13 bits per heavy atom. The summed E-state index contributed by atoms with van der Waals surface area (Å²) < 4.78 is 27.4. The number of nitrogens with zero attached hydrogens (tertiary/aromatic N) is 2. The summed E-state index contributed by atoms with van der Waals surface area (Å²) in [5.41, 5.74) is 3.30. The molecule has 0 saturated heterocycles. The second-order valence-corrected chi connectivity index (χ2v) is 7.98. The Morgan fingerprint density at radius 3 is 2.97 bits per heavy atom. The smallest absolute Gasteiger partial charge is 0.274 e. The van der Waals surface area contributed by atoms with Crippen LogP contribution in [0.15, 0.2) is 65.3 Å². The molecular weight excluding hydrogens is 417 g/mol. The molecule has 0 spiro atoms. The maximum Gasteiger partial charge on any atom is 0.274 e. The molecule has 2 aromatic carbocycles. The molecule has 1 amide bonds. The first kappa shape index (κ1) is 19.3. The summed E-state index contributed by atoms with van der Waals surface area (Å²) >= 11 is 1.38. The zero-order valence-electron chi connectivity index (χ0n) is 16.6. The number of nitrogens with one attached hydrogen (secondary N) is 1. The molecule has 1 N–H and O–H groups in total. The van der Waals surface area contributed by atoms with Gasteiger partial charge >= 0.3 is 0 Å². The Labute approximate surface area is 180 Å². The fraction of sp³-hybridized carbons (Fsp3) is 0.130. The summed E-state index contributed by atoms with van der Waals surface area (Å²) in [6.45, 7) is 2.84. The van der Waals surface area contributed by atoms with Gasteiger partial charge in [0.2, 0.25) is 0 Å². The first-order valence-electron chi connectivity index (χ1n) is 9.76. The number of anilines is 1. The lowest BCUT2D eigenvalue weighted by molar-refractivity contribution is 0.101. The minimum absolute atomic E-state index is 0.313. The minimum Gasteiger partial charge on any atom is -0.494 e. The highest BCUT2D eigenvalue weighted by atomic mass is 32.1.